The molecule has 19 heavy (non-hydrogen) atoms. The third-order valence-electron chi connectivity index (χ3n) is 4.82. The number of rotatable bonds is 3. The van der Waals surface area contributed by atoms with E-state index in [0.717, 1.165) is 12.3 Å². The van der Waals surface area contributed by atoms with Gasteiger partial charge in [0.25, 0.3) is 0 Å². The molecule has 2 saturated carbocycles. The van der Waals surface area contributed by atoms with E-state index in [1.165, 1.54) is 19.3 Å². The van der Waals surface area contributed by atoms with Crippen LogP contribution in [0.2, 0.25) is 0 Å². The van der Waals surface area contributed by atoms with Crippen LogP contribution in [-0.4, -0.2) is 44.5 Å². The Morgan fingerprint density at radius 1 is 1.26 bits per heavy atom. The summed E-state index contributed by atoms with van der Waals surface area (Å²) in [6, 6.07) is 0.129. The number of carbonyl (C=O) groups excluding carboxylic acids is 1. The van der Waals surface area contributed by atoms with Gasteiger partial charge in [-0.1, -0.05) is 6.42 Å². The van der Waals surface area contributed by atoms with Crippen LogP contribution in [0.3, 0.4) is 0 Å². The number of nitrogens with one attached hydrogen (secondary N) is 2. The van der Waals surface area contributed by atoms with Crippen molar-refractivity contribution in [2.75, 3.05) is 18.1 Å². The van der Waals surface area contributed by atoms with Crippen LogP contribution in [-0.2, 0) is 14.6 Å². The molecule has 0 radical (unpaired) electrons. The standard InChI is InChI=1S/C13H22N2O3S/c16-13(7-11-8-19(17,18)4-3-14-11)15-12-6-9-1-2-10(12)5-9/h9-12,14H,1-8H2,(H,15,16). The normalized spacial score (nSPS) is 40.2. The number of hydrogen-bond acceptors (Lipinski definition) is 4. The molecule has 5 nitrogen and oxygen atoms in total. The Balaban J connectivity index is 1.49. The first-order chi connectivity index (χ1) is 9.02. The lowest BCUT2D eigenvalue weighted by Gasteiger charge is -2.26. The lowest BCUT2D eigenvalue weighted by atomic mass is 9.95. The van der Waals surface area contributed by atoms with Gasteiger partial charge in [-0.05, 0) is 31.1 Å². The zero-order valence-electron chi connectivity index (χ0n) is 11.1. The van der Waals surface area contributed by atoms with Gasteiger partial charge in [-0.15, -0.1) is 0 Å². The molecule has 108 valence electrons. The van der Waals surface area contributed by atoms with Gasteiger partial charge in [0.05, 0.1) is 11.5 Å². The Hall–Kier alpha value is -0.620. The highest BCUT2D eigenvalue weighted by molar-refractivity contribution is 7.91. The van der Waals surface area contributed by atoms with Gasteiger partial charge in [-0.2, -0.15) is 0 Å². The van der Waals surface area contributed by atoms with Gasteiger partial charge < -0.3 is 10.6 Å². The first-order valence-electron chi connectivity index (χ1n) is 7.25. The fourth-order valence-electron chi connectivity index (χ4n) is 3.91. The van der Waals surface area contributed by atoms with E-state index < -0.39 is 9.84 Å². The lowest BCUT2D eigenvalue weighted by molar-refractivity contribution is -0.122. The minimum Gasteiger partial charge on any atom is -0.353 e. The quantitative estimate of drug-likeness (QED) is 0.770. The second kappa shape index (κ2) is 5.05. The molecular formula is C13H22N2O3S. The minimum absolute atomic E-state index is 0.00662. The van der Waals surface area contributed by atoms with Crippen LogP contribution in [0.15, 0.2) is 0 Å². The Kier molecular flexibility index (Phi) is 3.55. The van der Waals surface area contributed by atoms with Crippen molar-refractivity contribution in [2.24, 2.45) is 11.8 Å². The molecule has 3 rings (SSSR count). The molecule has 2 N–H and O–H groups in total. The maximum absolute atomic E-state index is 12.0. The predicted octanol–water partition coefficient (Wildman–Crippen LogP) is 0.0679. The van der Waals surface area contributed by atoms with Crippen LogP contribution >= 0.6 is 0 Å². The highest BCUT2D eigenvalue weighted by Gasteiger charge is 2.40. The van der Waals surface area contributed by atoms with Crippen LogP contribution in [0.1, 0.15) is 32.1 Å². The molecule has 1 heterocycles. The minimum atomic E-state index is -2.96. The SMILES string of the molecule is O=C(CC1CS(=O)(=O)CCN1)NC1CC2CCC1C2. The molecule has 3 aliphatic rings. The third kappa shape index (κ3) is 3.11. The highest BCUT2D eigenvalue weighted by Crippen LogP contribution is 2.44. The smallest absolute Gasteiger partial charge is 0.221 e. The summed E-state index contributed by atoms with van der Waals surface area (Å²) in [6.07, 6.45) is 5.23. The van der Waals surface area contributed by atoms with Crippen molar-refractivity contribution in [3.8, 4) is 0 Å². The van der Waals surface area contributed by atoms with E-state index in [-0.39, 0.29) is 29.9 Å². The van der Waals surface area contributed by atoms with E-state index in [1.807, 2.05) is 0 Å². The van der Waals surface area contributed by atoms with E-state index >= 15 is 0 Å². The van der Waals surface area contributed by atoms with Crippen molar-refractivity contribution in [1.82, 2.24) is 10.6 Å². The zero-order valence-corrected chi connectivity index (χ0v) is 11.9. The average molecular weight is 286 g/mol. The molecule has 3 fully saturated rings. The first kappa shape index (κ1) is 13.4. The molecule has 0 aromatic heterocycles. The number of hydrogen-bond donors (Lipinski definition) is 2. The van der Waals surface area contributed by atoms with Gasteiger partial charge in [0.2, 0.25) is 5.91 Å². The van der Waals surface area contributed by atoms with Crippen molar-refractivity contribution in [2.45, 2.75) is 44.2 Å². The summed E-state index contributed by atoms with van der Waals surface area (Å²) in [4.78, 5) is 12.0. The second-order valence-corrected chi connectivity index (χ2v) is 8.55. The van der Waals surface area contributed by atoms with Crippen molar-refractivity contribution in [3.05, 3.63) is 0 Å². The monoisotopic (exact) mass is 286 g/mol. The average Bonchev–Trinajstić information content (AvgIpc) is 2.89. The van der Waals surface area contributed by atoms with Gasteiger partial charge in [-0.25, -0.2) is 8.42 Å². The molecule has 6 heteroatoms. The van der Waals surface area contributed by atoms with E-state index in [0.29, 0.717) is 18.5 Å². The molecule has 2 aliphatic carbocycles. The fourth-order valence-corrected chi connectivity index (χ4v) is 5.35. The number of carbonyl (C=O) groups is 1. The van der Waals surface area contributed by atoms with Crippen LogP contribution in [0.25, 0.3) is 0 Å². The van der Waals surface area contributed by atoms with E-state index in [9.17, 15) is 13.2 Å². The molecule has 1 aliphatic heterocycles. The Bertz CT molecular complexity index is 463. The molecule has 4 atom stereocenters. The topological polar surface area (TPSA) is 75.3 Å². The van der Waals surface area contributed by atoms with Gasteiger partial charge in [0, 0.05) is 25.0 Å². The second-order valence-electron chi connectivity index (χ2n) is 6.32. The summed E-state index contributed by atoms with van der Waals surface area (Å²) in [5.41, 5.74) is 0. The lowest BCUT2D eigenvalue weighted by Crippen LogP contribution is -2.48. The third-order valence-corrected chi connectivity index (χ3v) is 6.55. The summed E-state index contributed by atoms with van der Waals surface area (Å²) in [5.74, 6) is 1.77. The largest absolute Gasteiger partial charge is 0.353 e. The van der Waals surface area contributed by atoms with Crippen LogP contribution in [0.4, 0.5) is 0 Å². The van der Waals surface area contributed by atoms with Crippen LogP contribution in [0, 0.1) is 11.8 Å². The maximum atomic E-state index is 12.0. The van der Waals surface area contributed by atoms with Gasteiger partial charge in [0.1, 0.15) is 0 Å². The first-order valence-corrected chi connectivity index (χ1v) is 9.07. The van der Waals surface area contributed by atoms with Gasteiger partial charge in [-0.3, -0.25) is 4.79 Å². The Labute approximate surface area is 114 Å². The van der Waals surface area contributed by atoms with Crippen LogP contribution in [0.5, 0.6) is 0 Å². The molecule has 1 amide bonds. The summed E-state index contributed by atoms with van der Waals surface area (Å²) < 4.78 is 23.0. The van der Waals surface area contributed by atoms with E-state index in [1.54, 1.807) is 0 Å². The molecular weight excluding hydrogens is 264 g/mol. The van der Waals surface area contributed by atoms with Crippen molar-refractivity contribution < 1.29 is 13.2 Å². The van der Waals surface area contributed by atoms with Gasteiger partial charge >= 0.3 is 0 Å². The Morgan fingerprint density at radius 2 is 2.11 bits per heavy atom. The fraction of sp³-hybridized carbons (Fsp3) is 0.923. The molecule has 0 aromatic rings. The van der Waals surface area contributed by atoms with Crippen LogP contribution < -0.4 is 10.6 Å². The zero-order chi connectivity index (χ0) is 13.5. The molecule has 4 unspecified atom stereocenters. The van der Waals surface area contributed by atoms with Crippen molar-refractivity contribution in [3.63, 3.8) is 0 Å². The number of sulfone groups is 1. The Morgan fingerprint density at radius 3 is 2.74 bits per heavy atom. The summed E-state index contributed by atoms with van der Waals surface area (Å²) >= 11 is 0. The number of fused-ring (bicyclic) bond motifs is 2. The molecule has 0 spiro atoms. The molecule has 1 saturated heterocycles. The molecule has 2 bridgehead atoms. The summed E-state index contributed by atoms with van der Waals surface area (Å²) in [5, 5.41) is 6.24. The predicted molar refractivity (Wildman–Crippen MR) is 72.4 cm³/mol. The van der Waals surface area contributed by atoms with Crippen molar-refractivity contribution >= 4 is 15.7 Å². The molecule has 0 aromatic carbocycles. The van der Waals surface area contributed by atoms with E-state index in [4.69, 9.17) is 0 Å². The summed E-state index contributed by atoms with van der Waals surface area (Å²) in [6.45, 7) is 0.467. The van der Waals surface area contributed by atoms with Gasteiger partial charge in [0.15, 0.2) is 9.84 Å². The van der Waals surface area contributed by atoms with Crippen molar-refractivity contribution in [1.29, 1.82) is 0 Å². The number of amides is 1. The van der Waals surface area contributed by atoms with E-state index in [2.05, 4.69) is 10.6 Å². The highest BCUT2D eigenvalue weighted by atomic mass is 32.2. The maximum Gasteiger partial charge on any atom is 0.221 e. The summed E-state index contributed by atoms with van der Waals surface area (Å²) in [7, 11) is -2.96.